The lowest BCUT2D eigenvalue weighted by molar-refractivity contribution is -0.137. The number of para-hydroxylation sites is 6. The average molecular weight is 1040 g/mol. The molecule has 10 heteroatoms. The van der Waals surface area contributed by atoms with Crippen molar-refractivity contribution in [3.05, 3.63) is 253 Å². The van der Waals surface area contributed by atoms with Crippen LogP contribution in [-0.2, 0) is 12.4 Å². The Morgan fingerprint density at radius 3 is 1.01 bits per heavy atom. The summed E-state index contributed by atoms with van der Waals surface area (Å²) in [6.45, 7) is 1.69. The molecule has 0 atom stereocenters. The van der Waals surface area contributed by atoms with Crippen LogP contribution in [-0.4, -0.2) is 18.3 Å². The maximum atomic E-state index is 15.9. The number of alkyl halides is 6. The van der Waals surface area contributed by atoms with Crippen molar-refractivity contribution >= 4 is 87.2 Å². The molecule has 4 nitrogen and oxygen atoms in total. The Morgan fingerprint density at radius 1 is 0.291 bits per heavy atom. The predicted octanol–water partition coefficient (Wildman–Crippen LogP) is 19.8. The van der Waals surface area contributed by atoms with Gasteiger partial charge in [-0.05, 0) is 102 Å². The average Bonchev–Trinajstić information content (AvgIpc) is 2.89. The van der Waals surface area contributed by atoms with Crippen molar-refractivity contribution in [1.29, 1.82) is 0 Å². The number of rotatable bonds is 6. The van der Waals surface area contributed by atoms with Gasteiger partial charge in [0, 0.05) is 65.6 Å². The number of hydrogen-bond acceptors (Lipinski definition) is 0. The Kier molecular flexibility index (Phi) is 10.1. The van der Waals surface area contributed by atoms with Crippen molar-refractivity contribution in [2.24, 2.45) is 0 Å². The second-order valence-corrected chi connectivity index (χ2v) is 20.2. The molecule has 15 aromatic rings. The fraction of sp³-hybridized carbons (Fsp3) is 0.0435. The first-order chi connectivity index (χ1) is 38.5. The van der Waals surface area contributed by atoms with Crippen LogP contribution < -0.4 is 0 Å². The van der Waals surface area contributed by atoms with Crippen LogP contribution in [0.4, 0.5) is 26.3 Å². The molecule has 0 aliphatic heterocycles. The van der Waals surface area contributed by atoms with E-state index in [-0.39, 0.29) is 27.8 Å². The first-order valence-electron chi connectivity index (χ1n) is 26.0. The standard InChI is InChI=1S/C69H42F6N4/c1-41-62(48-26-8-14-30-52(48)68(70,71)72)60(78-54-32-16-10-24-44(54)46-36-38-58-64(66(46)78)50-28-12-18-34-56(50)76(58)42-20-4-2-5-21-42)40-61(63(41)49-27-9-15-31-53(49)69(73,74)75)79-55-33-17-11-25-45(55)47-37-39-59-65(67(47)79)51-29-13-19-35-57(51)77(59)43-22-6-3-7-23-43/h2-40H,1H3. The van der Waals surface area contributed by atoms with Crippen molar-refractivity contribution in [3.63, 3.8) is 0 Å². The summed E-state index contributed by atoms with van der Waals surface area (Å²) in [5, 5.41) is 6.97. The second kappa shape index (κ2) is 17.1. The van der Waals surface area contributed by atoms with Gasteiger partial charge in [0.15, 0.2) is 0 Å². The molecule has 380 valence electrons. The normalized spacial score (nSPS) is 12.5. The SMILES string of the molecule is Cc1c(-c2ccccc2C(F)(F)F)c(-n2c3ccccc3c3ccc4c(c5ccccc5n4-c4ccccc4)c32)cc(-n2c3ccccc3c3ccc4c(c5ccccc5n4-c4ccccc4)c32)c1-c1ccccc1C(F)(F)F. The van der Waals surface area contributed by atoms with E-state index in [0.29, 0.717) is 22.4 Å². The van der Waals surface area contributed by atoms with E-state index in [2.05, 4.69) is 66.8 Å². The zero-order valence-corrected chi connectivity index (χ0v) is 42.1. The first-order valence-corrected chi connectivity index (χ1v) is 26.0. The Morgan fingerprint density at radius 2 is 0.620 bits per heavy atom. The van der Waals surface area contributed by atoms with Gasteiger partial charge >= 0.3 is 12.4 Å². The molecule has 0 radical (unpaired) electrons. The molecule has 4 heterocycles. The van der Waals surface area contributed by atoms with Gasteiger partial charge in [-0.3, -0.25) is 0 Å². The van der Waals surface area contributed by atoms with Gasteiger partial charge in [0.25, 0.3) is 0 Å². The van der Waals surface area contributed by atoms with E-state index < -0.39 is 23.5 Å². The molecular formula is C69H42F6N4. The summed E-state index contributed by atoms with van der Waals surface area (Å²) >= 11 is 0. The molecule has 0 spiro atoms. The quantitative estimate of drug-likeness (QED) is 0.148. The Bertz CT molecular complexity index is 4680. The van der Waals surface area contributed by atoms with E-state index in [1.165, 1.54) is 24.3 Å². The maximum Gasteiger partial charge on any atom is 0.417 e. The molecule has 0 unspecified atom stereocenters. The summed E-state index contributed by atoms with van der Waals surface area (Å²) in [5.74, 6) is 0. The van der Waals surface area contributed by atoms with E-state index in [4.69, 9.17) is 0 Å². The largest absolute Gasteiger partial charge is 0.417 e. The van der Waals surface area contributed by atoms with E-state index in [1.807, 2.05) is 140 Å². The molecule has 0 aliphatic carbocycles. The van der Waals surface area contributed by atoms with Gasteiger partial charge in [-0.2, -0.15) is 26.3 Å². The van der Waals surface area contributed by atoms with Crippen molar-refractivity contribution in [2.75, 3.05) is 0 Å². The maximum absolute atomic E-state index is 15.9. The van der Waals surface area contributed by atoms with Crippen LogP contribution in [0.25, 0.3) is 132 Å². The van der Waals surface area contributed by atoms with Crippen LogP contribution in [0.5, 0.6) is 0 Å². The molecule has 0 fully saturated rings. The Hall–Kier alpha value is -9.80. The second-order valence-electron chi connectivity index (χ2n) is 20.2. The number of hydrogen-bond donors (Lipinski definition) is 0. The minimum absolute atomic E-state index is 0.140. The van der Waals surface area contributed by atoms with Gasteiger partial charge < -0.3 is 18.3 Å². The summed E-state index contributed by atoms with van der Waals surface area (Å²) < 4.78 is 104. The number of nitrogens with zero attached hydrogens (tertiary/aromatic N) is 4. The summed E-state index contributed by atoms with van der Waals surface area (Å²) in [5.41, 5.74) is 7.39. The van der Waals surface area contributed by atoms with Crippen molar-refractivity contribution < 1.29 is 26.3 Å². The summed E-state index contributed by atoms with van der Waals surface area (Å²) in [4.78, 5) is 0. The fourth-order valence-electron chi connectivity index (χ4n) is 12.9. The highest BCUT2D eigenvalue weighted by Crippen LogP contribution is 2.52. The third kappa shape index (κ3) is 6.76. The molecule has 15 rings (SSSR count). The minimum Gasteiger partial charge on any atom is -0.309 e. The lowest BCUT2D eigenvalue weighted by Crippen LogP contribution is -2.12. The van der Waals surface area contributed by atoms with Gasteiger partial charge in [-0.25, -0.2) is 0 Å². The lowest BCUT2D eigenvalue weighted by atomic mass is 9.85. The van der Waals surface area contributed by atoms with Crippen molar-refractivity contribution in [2.45, 2.75) is 19.3 Å². The molecule has 0 saturated carbocycles. The minimum atomic E-state index is -4.86. The highest BCUT2D eigenvalue weighted by molar-refractivity contribution is 6.28. The number of fused-ring (bicyclic) bond motifs is 14. The van der Waals surface area contributed by atoms with Gasteiger partial charge in [0.05, 0.1) is 66.6 Å². The van der Waals surface area contributed by atoms with E-state index >= 15 is 26.3 Å². The van der Waals surface area contributed by atoms with Crippen LogP contribution in [0.15, 0.2) is 237 Å². The third-order valence-corrected chi connectivity index (χ3v) is 16.0. The Labute approximate surface area is 447 Å². The van der Waals surface area contributed by atoms with Crippen LogP contribution >= 0.6 is 0 Å². The zero-order chi connectivity index (χ0) is 53.5. The van der Waals surface area contributed by atoms with Gasteiger partial charge in [0.1, 0.15) is 0 Å². The van der Waals surface area contributed by atoms with Crippen LogP contribution in [0.3, 0.4) is 0 Å². The lowest BCUT2D eigenvalue weighted by Gasteiger charge is -2.27. The molecule has 0 amide bonds. The monoisotopic (exact) mass is 1040 g/mol. The molecular weight excluding hydrogens is 999 g/mol. The van der Waals surface area contributed by atoms with Crippen molar-refractivity contribution in [3.8, 4) is 45.0 Å². The summed E-state index contributed by atoms with van der Waals surface area (Å²) in [6, 6.07) is 73.1. The highest BCUT2D eigenvalue weighted by Gasteiger charge is 2.39. The van der Waals surface area contributed by atoms with E-state index in [9.17, 15) is 0 Å². The molecule has 11 aromatic carbocycles. The molecule has 0 bridgehead atoms. The smallest absolute Gasteiger partial charge is 0.309 e. The fourth-order valence-corrected chi connectivity index (χ4v) is 12.9. The Balaban J connectivity index is 1.21. The number of benzene rings is 11. The molecule has 0 aliphatic rings. The molecule has 79 heavy (non-hydrogen) atoms. The molecule has 4 aromatic heterocycles. The van der Waals surface area contributed by atoms with E-state index in [1.54, 1.807) is 19.1 Å². The van der Waals surface area contributed by atoms with Crippen LogP contribution in [0.2, 0.25) is 0 Å². The topological polar surface area (TPSA) is 19.7 Å². The molecule has 0 N–H and O–H groups in total. The number of halogens is 6. The van der Waals surface area contributed by atoms with Gasteiger partial charge in [-0.1, -0.05) is 158 Å². The van der Waals surface area contributed by atoms with Crippen LogP contribution in [0.1, 0.15) is 16.7 Å². The van der Waals surface area contributed by atoms with E-state index in [0.717, 1.165) is 99.7 Å². The molecule has 0 saturated heterocycles. The van der Waals surface area contributed by atoms with Gasteiger partial charge in [-0.15, -0.1) is 0 Å². The van der Waals surface area contributed by atoms with Crippen molar-refractivity contribution in [1.82, 2.24) is 18.3 Å². The van der Waals surface area contributed by atoms with Gasteiger partial charge in [0.2, 0.25) is 0 Å². The third-order valence-electron chi connectivity index (χ3n) is 16.0. The first kappa shape index (κ1) is 46.5. The highest BCUT2D eigenvalue weighted by atomic mass is 19.4. The van der Waals surface area contributed by atoms with Crippen LogP contribution in [0, 0.1) is 6.92 Å². The predicted molar refractivity (Wildman–Crippen MR) is 309 cm³/mol. The number of aromatic nitrogens is 4. The zero-order valence-electron chi connectivity index (χ0n) is 42.1. The summed E-state index contributed by atoms with van der Waals surface area (Å²) in [6.07, 6.45) is -9.71. The summed E-state index contributed by atoms with van der Waals surface area (Å²) in [7, 11) is 0.